The van der Waals surface area contributed by atoms with E-state index in [-0.39, 0.29) is 43.0 Å². The van der Waals surface area contributed by atoms with Crippen LogP contribution in [0.2, 0.25) is 15.1 Å². The van der Waals surface area contributed by atoms with E-state index < -0.39 is 12.2 Å². The number of nitrogens with one attached hydrogen (secondary N) is 2. The third-order valence-corrected chi connectivity index (χ3v) is 8.14. The predicted molar refractivity (Wildman–Crippen MR) is 160 cm³/mol. The summed E-state index contributed by atoms with van der Waals surface area (Å²) in [4.78, 5) is 30.1. The molecule has 12 heteroatoms. The molecule has 3 atom stereocenters. The van der Waals surface area contributed by atoms with Gasteiger partial charge in [-0.15, -0.1) is 0 Å². The Labute approximate surface area is 266 Å². The van der Waals surface area contributed by atoms with Crippen LogP contribution in [0.5, 0.6) is 11.5 Å². The maximum absolute atomic E-state index is 14.4. The normalized spacial score (nSPS) is 20.3. The van der Waals surface area contributed by atoms with Gasteiger partial charge >= 0.3 is 6.03 Å². The molecule has 2 fully saturated rings. The van der Waals surface area contributed by atoms with Gasteiger partial charge in [-0.25, -0.2) is 4.79 Å². The van der Waals surface area contributed by atoms with Crippen molar-refractivity contribution < 1.29 is 31.5 Å². The molecular weight excluding hydrogens is 622 g/mol. The maximum Gasteiger partial charge on any atom is 0.322 e. The molecule has 2 aliphatic rings. The summed E-state index contributed by atoms with van der Waals surface area (Å²) in [5, 5.41) is 7.88. The molecule has 3 aromatic carbocycles. The van der Waals surface area contributed by atoms with Crippen LogP contribution in [-0.4, -0.2) is 54.6 Å². The van der Waals surface area contributed by atoms with Crippen LogP contribution in [0.4, 0.5) is 4.79 Å². The molecule has 2 N–H and O–H groups in total. The number of piperazine rings is 1. The summed E-state index contributed by atoms with van der Waals surface area (Å²) in [5.74, 6) is 1.00. The summed E-state index contributed by atoms with van der Waals surface area (Å²) >= 11 is 19.0. The van der Waals surface area contributed by atoms with Crippen molar-refractivity contribution in [2.24, 2.45) is 0 Å². The van der Waals surface area contributed by atoms with E-state index in [4.69, 9.17) is 44.3 Å². The lowest BCUT2D eigenvalue weighted by Crippen LogP contribution is -3.00. The van der Waals surface area contributed by atoms with Gasteiger partial charge in [0.2, 0.25) is 5.91 Å². The number of methoxy groups -OCH3 is 1. The highest BCUT2D eigenvalue weighted by atomic mass is 35.5. The maximum atomic E-state index is 14.4. The molecule has 0 spiro atoms. The monoisotopic (exact) mass is 651 g/mol. The SMILES string of the molecule is COc1ccc(C2N[C@@H](c3ccc(Cl)cc3)[C@@H](c3ccc(Cl)c(Cl)c3)N2C(=O)N2CCNC(=O)C2)c(OC(C)C)c1.[Cl-]. The van der Waals surface area contributed by atoms with Crippen LogP contribution in [-0.2, 0) is 4.79 Å². The standard InChI is InChI=1S/C30H31Cl3N4O4.ClH/c1-17(2)41-25-15-21(40-3)9-10-22(25)29-35-27(18-4-7-20(31)8-5-18)28(19-6-11-23(32)24(33)14-19)37(29)30(39)36-13-12-34-26(38)16-36;/h4-11,14-15,17,27-29,35H,12-13,16H2,1-3H3,(H,34,38);1H/p-1/t27-,28+,29?;/m0./s1. The Balaban J connectivity index is 0.00000405. The third-order valence-electron chi connectivity index (χ3n) is 7.15. The largest absolute Gasteiger partial charge is 1.00 e. The first kappa shape index (κ1) is 32.0. The number of carbonyl (C=O) groups is 2. The quantitative estimate of drug-likeness (QED) is 0.427. The lowest BCUT2D eigenvalue weighted by Gasteiger charge is -2.37. The van der Waals surface area contributed by atoms with Gasteiger partial charge in [-0.1, -0.05) is 53.0 Å². The molecule has 1 unspecified atom stereocenters. The van der Waals surface area contributed by atoms with Gasteiger partial charge in [0, 0.05) is 29.7 Å². The van der Waals surface area contributed by atoms with Crippen LogP contribution in [0.1, 0.15) is 48.8 Å². The van der Waals surface area contributed by atoms with Gasteiger partial charge in [0.15, 0.2) is 0 Å². The number of amides is 3. The first-order valence-electron chi connectivity index (χ1n) is 13.3. The zero-order valence-corrected chi connectivity index (χ0v) is 26.3. The Hall–Kier alpha value is -2.88. The van der Waals surface area contributed by atoms with E-state index >= 15 is 0 Å². The molecular formula is C30H31Cl4N4O4-. The van der Waals surface area contributed by atoms with Gasteiger partial charge in [0.05, 0.1) is 35.3 Å². The Kier molecular flexibility index (Phi) is 10.4. The fraction of sp³-hybridized carbons (Fsp3) is 0.333. The summed E-state index contributed by atoms with van der Waals surface area (Å²) < 4.78 is 11.7. The molecule has 8 nitrogen and oxygen atoms in total. The van der Waals surface area contributed by atoms with E-state index in [1.165, 1.54) is 0 Å². The topological polar surface area (TPSA) is 83.1 Å². The van der Waals surface area contributed by atoms with Crippen LogP contribution >= 0.6 is 34.8 Å². The fourth-order valence-corrected chi connectivity index (χ4v) is 5.75. The van der Waals surface area contributed by atoms with Crippen molar-refractivity contribution in [2.45, 2.75) is 38.2 Å². The van der Waals surface area contributed by atoms with Gasteiger partial charge in [-0.2, -0.15) is 0 Å². The van der Waals surface area contributed by atoms with Gasteiger partial charge in [0.1, 0.15) is 24.2 Å². The number of hydrogen-bond donors (Lipinski definition) is 2. The molecule has 2 heterocycles. The average molecular weight is 653 g/mol. The minimum absolute atomic E-state index is 0. The van der Waals surface area contributed by atoms with Gasteiger partial charge in [-0.05, 0) is 61.4 Å². The number of carbonyl (C=O) groups excluding carboxylic acids is 2. The van der Waals surface area contributed by atoms with Crippen molar-refractivity contribution >= 4 is 46.7 Å². The number of halogens is 4. The summed E-state index contributed by atoms with van der Waals surface area (Å²) in [6.45, 7) is 4.59. The highest BCUT2D eigenvalue weighted by Crippen LogP contribution is 2.49. The molecule has 0 radical (unpaired) electrons. The summed E-state index contributed by atoms with van der Waals surface area (Å²) in [5.41, 5.74) is 2.45. The first-order chi connectivity index (χ1) is 19.7. The van der Waals surface area contributed by atoms with E-state index in [1.807, 2.05) is 62.4 Å². The van der Waals surface area contributed by atoms with E-state index in [1.54, 1.807) is 29.0 Å². The number of rotatable bonds is 6. The molecule has 2 aliphatic heterocycles. The summed E-state index contributed by atoms with van der Waals surface area (Å²) in [6, 6.07) is 17.2. The molecule has 42 heavy (non-hydrogen) atoms. The second kappa shape index (κ2) is 13.6. The molecule has 3 amide bonds. The second-order valence-corrected chi connectivity index (χ2v) is 11.5. The van der Waals surface area contributed by atoms with Crippen LogP contribution in [0, 0.1) is 0 Å². The van der Waals surface area contributed by atoms with E-state index in [0.29, 0.717) is 39.7 Å². The smallest absolute Gasteiger partial charge is 0.322 e. The highest BCUT2D eigenvalue weighted by molar-refractivity contribution is 6.42. The molecule has 5 rings (SSSR count). The average Bonchev–Trinajstić information content (AvgIpc) is 3.34. The molecule has 0 aromatic heterocycles. The zero-order chi connectivity index (χ0) is 29.3. The van der Waals surface area contributed by atoms with Crippen molar-refractivity contribution in [3.63, 3.8) is 0 Å². The number of nitrogens with zero attached hydrogens (tertiary/aromatic N) is 2. The van der Waals surface area contributed by atoms with Crippen molar-refractivity contribution in [1.29, 1.82) is 0 Å². The Morgan fingerprint density at radius 3 is 2.33 bits per heavy atom. The Morgan fingerprint density at radius 2 is 1.69 bits per heavy atom. The second-order valence-electron chi connectivity index (χ2n) is 10.2. The van der Waals surface area contributed by atoms with E-state index in [9.17, 15) is 9.59 Å². The first-order valence-corrected chi connectivity index (χ1v) is 14.4. The van der Waals surface area contributed by atoms with E-state index in [0.717, 1.165) is 16.7 Å². The van der Waals surface area contributed by atoms with Crippen molar-refractivity contribution in [3.8, 4) is 11.5 Å². The lowest BCUT2D eigenvalue weighted by atomic mass is 9.94. The Morgan fingerprint density at radius 1 is 0.976 bits per heavy atom. The van der Waals surface area contributed by atoms with Gasteiger partial charge < -0.3 is 32.1 Å². The number of ether oxygens (including phenoxy) is 2. The minimum Gasteiger partial charge on any atom is -1.00 e. The van der Waals surface area contributed by atoms with Crippen molar-refractivity contribution in [3.05, 3.63) is 92.4 Å². The van der Waals surface area contributed by atoms with Gasteiger partial charge in [0.25, 0.3) is 0 Å². The molecule has 0 aliphatic carbocycles. The van der Waals surface area contributed by atoms with Gasteiger partial charge in [-0.3, -0.25) is 15.0 Å². The molecule has 2 saturated heterocycles. The van der Waals surface area contributed by atoms with Crippen LogP contribution in [0.25, 0.3) is 0 Å². The van der Waals surface area contributed by atoms with Crippen LogP contribution in [0.3, 0.4) is 0 Å². The minimum atomic E-state index is -0.632. The van der Waals surface area contributed by atoms with E-state index in [2.05, 4.69) is 10.6 Å². The molecule has 0 bridgehead atoms. The predicted octanol–water partition coefficient (Wildman–Crippen LogP) is 3.38. The third kappa shape index (κ3) is 6.68. The van der Waals surface area contributed by atoms with Crippen molar-refractivity contribution in [2.75, 3.05) is 26.7 Å². The summed E-state index contributed by atoms with van der Waals surface area (Å²) in [6.07, 6.45) is -0.762. The lowest BCUT2D eigenvalue weighted by molar-refractivity contribution is -0.123. The number of urea groups is 1. The van der Waals surface area contributed by atoms with Crippen molar-refractivity contribution in [1.82, 2.24) is 20.4 Å². The highest BCUT2D eigenvalue weighted by Gasteiger charge is 2.48. The summed E-state index contributed by atoms with van der Waals surface area (Å²) in [7, 11) is 1.59. The van der Waals surface area contributed by atoms with Crippen LogP contribution < -0.4 is 32.5 Å². The fourth-order valence-electron chi connectivity index (χ4n) is 5.32. The number of benzene rings is 3. The molecule has 224 valence electrons. The zero-order valence-electron chi connectivity index (χ0n) is 23.2. The molecule has 3 aromatic rings. The Bertz CT molecular complexity index is 1440. The number of hydrogen-bond acceptors (Lipinski definition) is 5. The van der Waals surface area contributed by atoms with Crippen LogP contribution in [0.15, 0.2) is 60.7 Å². The molecule has 0 saturated carbocycles.